The second kappa shape index (κ2) is 8.74. The Morgan fingerprint density at radius 2 is 1.91 bits per heavy atom. The van der Waals surface area contributed by atoms with Crippen LogP contribution in [-0.2, 0) is 0 Å². The minimum Gasteiger partial charge on any atom is -0.348 e. The molecule has 1 fully saturated rings. The molecule has 1 amide bonds. The molecular formula is C18H32ClN3O. The van der Waals surface area contributed by atoms with Crippen LogP contribution in [0.5, 0.6) is 0 Å². The van der Waals surface area contributed by atoms with Crippen LogP contribution in [0.4, 0.5) is 0 Å². The van der Waals surface area contributed by atoms with Crippen molar-refractivity contribution in [2.75, 3.05) is 6.54 Å². The van der Waals surface area contributed by atoms with Crippen LogP contribution < -0.4 is 11.1 Å². The van der Waals surface area contributed by atoms with Gasteiger partial charge in [-0.25, -0.2) is 0 Å². The van der Waals surface area contributed by atoms with Gasteiger partial charge in [0.25, 0.3) is 5.91 Å². The summed E-state index contributed by atoms with van der Waals surface area (Å²) in [7, 11) is 0. The van der Waals surface area contributed by atoms with Crippen LogP contribution in [0.1, 0.15) is 73.7 Å². The number of nitrogens with zero attached hydrogens (tertiary/aromatic N) is 1. The Labute approximate surface area is 146 Å². The van der Waals surface area contributed by atoms with E-state index >= 15 is 0 Å². The molecule has 0 saturated heterocycles. The van der Waals surface area contributed by atoms with Gasteiger partial charge in [-0.1, -0.05) is 19.3 Å². The van der Waals surface area contributed by atoms with Gasteiger partial charge < -0.3 is 15.6 Å². The predicted molar refractivity (Wildman–Crippen MR) is 98.4 cm³/mol. The number of nitrogens with two attached hydrogens (primary N) is 1. The average molecular weight is 342 g/mol. The van der Waals surface area contributed by atoms with Crippen molar-refractivity contribution >= 4 is 18.3 Å². The van der Waals surface area contributed by atoms with Crippen LogP contribution in [0.25, 0.3) is 0 Å². The van der Waals surface area contributed by atoms with Crippen LogP contribution in [-0.4, -0.2) is 23.1 Å². The highest BCUT2D eigenvalue weighted by Gasteiger charge is 2.26. The molecule has 4 nitrogen and oxygen atoms in total. The summed E-state index contributed by atoms with van der Waals surface area (Å²) in [6, 6.07) is 2.47. The molecule has 1 saturated carbocycles. The number of carbonyl (C=O) groups excluding carboxylic acids is 1. The van der Waals surface area contributed by atoms with Crippen molar-refractivity contribution in [3.05, 3.63) is 23.0 Å². The summed E-state index contributed by atoms with van der Waals surface area (Å²) < 4.78 is 2.22. The van der Waals surface area contributed by atoms with Gasteiger partial charge in [0.05, 0.1) is 5.56 Å². The molecule has 1 aliphatic rings. The second-order valence-corrected chi connectivity index (χ2v) is 6.96. The summed E-state index contributed by atoms with van der Waals surface area (Å²) in [5.41, 5.74) is 8.91. The van der Waals surface area contributed by atoms with Gasteiger partial charge in [-0.2, -0.15) is 0 Å². The van der Waals surface area contributed by atoms with Crippen molar-refractivity contribution in [1.82, 2.24) is 9.88 Å². The van der Waals surface area contributed by atoms with E-state index in [4.69, 9.17) is 5.73 Å². The summed E-state index contributed by atoms with van der Waals surface area (Å²) in [6.07, 6.45) is 6.22. The summed E-state index contributed by atoms with van der Waals surface area (Å²) in [5, 5.41) is 3.20. The quantitative estimate of drug-likeness (QED) is 0.856. The van der Waals surface area contributed by atoms with Crippen molar-refractivity contribution in [2.24, 2.45) is 11.7 Å². The van der Waals surface area contributed by atoms with E-state index in [-0.39, 0.29) is 24.4 Å². The van der Waals surface area contributed by atoms with Crippen LogP contribution in [0.15, 0.2) is 6.07 Å². The highest BCUT2D eigenvalue weighted by atomic mass is 35.5. The third kappa shape index (κ3) is 4.51. The van der Waals surface area contributed by atoms with Crippen LogP contribution >= 0.6 is 12.4 Å². The highest BCUT2D eigenvalue weighted by Crippen LogP contribution is 2.27. The first-order chi connectivity index (χ1) is 10.5. The van der Waals surface area contributed by atoms with Crippen molar-refractivity contribution < 1.29 is 4.79 Å². The maximum absolute atomic E-state index is 12.7. The number of aromatic nitrogens is 1. The lowest BCUT2D eigenvalue weighted by Gasteiger charge is -2.30. The minimum absolute atomic E-state index is 0. The molecule has 0 radical (unpaired) electrons. The smallest absolute Gasteiger partial charge is 0.253 e. The average Bonchev–Trinajstić information content (AvgIpc) is 2.80. The maximum atomic E-state index is 12.7. The normalized spacial score (nSPS) is 17.0. The fraction of sp³-hybridized carbons (Fsp3) is 0.722. The molecule has 1 aromatic rings. The van der Waals surface area contributed by atoms with Gasteiger partial charge in [0, 0.05) is 30.0 Å². The SMILES string of the molecule is Cc1cc(C(=O)NC(CN)C2CCCCC2)c(C)n1C(C)C.Cl. The zero-order chi connectivity index (χ0) is 16.3. The Bertz CT molecular complexity index is 519. The third-order valence-corrected chi connectivity index (χ3v) is 5.03. The fourth-order valence-electron chi connectivity index (χ4n) is 3.95. The minimum atomic E-state index is 0. The summed E-state index contributed by atoms with van der Waals surface area (Å²) in [6.45, 7) is 8.91. The molecule has 1 atom stereocenters. The van der Waals surface area contributed by atoms with E-state index in [9.17, 15) is 4.79 Å². The molecular weight excluding hydrogens is 310 g/mol. The number of rotatable bonds is 5. The molecule has 23 heavy (non-hydrogen) atoms. The molecule has 5 heteroatoms. The monoisotopic (exact) mass is 341 g/mol. The maximum Gasteiger partial charge on any atom is 0.253 e. The molecule has 1 aromatic heterocycles. The number of hydrogen-bond acceptors (Lipinski definition) is 2. The Balaban J connectivity index is 0.00000264. The zero-order valence-corrected chi connectivity index (χ0v) is 15.7. The van der Waals surface area contributed by atoms with Gasteiger partial charge >= 0.3 is 0 Å². The largest absolute Gasteiger partial charge is 0.348 e. The molecule has 1 unspecified atom stereocenters. The van der Waals surface area contributed by atoms with E-state index in [1.54, 1.807) is 0 Å². The number of carbonyl (C=O) groups is 1. The molecule has 1 heterocycles. The Morgan fingerprint density at radius 3 is 2.39 bits per heavy atom. The van der Waals surface area contributed by atoms with Crippen molar-refractivity contribution in [3.8, 4) is 0 Å². The van der Waals surface area contributed by atoms with E-state index in [1.165, 1.54) is 32.1 Å². The van der Waals surface area contributed by atoms with Crippen LogP contribution in [0.3, 0.4) is 0 Å². The number of halogens is 1. The van der Waals surface area contributed by atoms with Crippen LogP contribution in [0, 0.1) is 19.8 Å². The van der Waals surface area contributed by atoms with Crippen molar-refractivity contribution in [1.29, 1.82) is 0 Å². The van der Waals surface area contributed by atoms with Crippen molar-refractivity contribution in [2.45, 2.75) is 71.9 Å². The van der Waals surface area contributed by atoms with Gasteiger partial charge in [-0.15, -0.1) is 12.4 Å². The standard InChI is InChI=1S/C18H31N3O.ClH/c1-12(2)21-13(3)10-16(14(21)4)18(22)20-17(11-19)15-8-6-5-7-9-15;/h10,12,15,17H,5-9,11,19H2,1-4H3,(H,20,22);1H. The first kappa shape index (κ1) is 20.0. The Kier molecular flexibility index (Phi) is 7.62. The molecule has 3 N–H and O–H groups in total. The zero-order valence-electron chi connectivity index (χ0n) is 14.9. The van der Waals surface area contributed by atoms with Gasteiger partial charge in [0.1, 0.15) is 0 Å². The molecule has 132 valence electrons. The van der Waals surface area contributed by atoms with Crippen molar-refractivity contribution in [3.63, 3.8) is 0 Å². The van der Waals surface area contributed by atoms with E-state index in [1.807, 2.05) is 13.0 Å². The number of aryl methyl sites for hydroxylation is 1. The second-order valence-electron chi connectivity index (χ2n) is 6.96. The Morgan fingerprint density at radius 1 is 1.30 bits per heavy atom. The molecule has 2 rings (SSSR count). The summed E-state index contributed by atoms with van der Waals surface area (Å²) >= 11 is 0. The Hall–Kier alpha value is -1.000. The summed E-state index contributed by atoms with van der Waals surface area (Å²) in [5.74, 6) is 0.567. The van der Waals surface area contributed by atoms with Gasteiger partial charge in [-0.05, 0) is 52.5 Å². The lowest BCUT2D eigenvalue weighted by molar-refractivity contribution is 0.0915. The van der Waals surface area contributed by atoms with E-state index in [2.05, 4.69) is 30.7 Å². The molecule has 0 spiro atoms. The van der Waals surface area contributed by atoms with E-state index in [0.29, 0.717) is 18.5 Å². The number of hydrogen-bond donors (Lipinski definition) is 2. The first-order valence-corrected chi connectivity index (χ1v) is 8.65. The lowest BCUT2D eigenvalue weighted by atomic mass is 9.84. The first-order valence-electron chi connectivity index (χ1n) is 8.65. The molecule has 0 aliphatic heterocycles. The molecule has 1 aliphatic carbocycles. The van der Waals surface area contributed by atoms with Crippen LogP contribution in [0.2, 0.25) is 0 Å². The highest BCUT2D eigenvalue weighted by molar-refractivity contribution is 5.96. The van der Waals surface area contributed by atoms with E-state index < -0.39 is 0 Å². The molecule has 0 aromatic carbocycles. The predicted octanol–water partition coefficient (Wildman–Crippen LogP) is 3.75. The van der Waals surface area contributed by atoms with Gasteiger partial charge in [0.2, 0.25) is 0 Å². The molecule has 0 bridgehead atoms. The third-order valence-electron chi connectivity index (χ3n) is 5.03. The van der Waals surface area contributed by atoms with E-state index in [0.717, 1.165) is 17.0 Å². The van der Waals surface area contributed by atoms with Gasteiger partial charge in [-0.3, -0.25) is 4.79 Å². The number of nitrogens with one attached hydrogen (secondary N) is 1. The van der Waals surface area contributed by atoms with Gasteiger partial charge in [0.15, 0.2) is 0 Å². The fourth-order valence-corrected chi connectivity index (χ4v) is 3.95. The lowest BCUT2D eigenvalue weighted by Crippen LogP contribution is -2.46. The summed E-state index contributed by atoms with van der Waals surface area (Å²) in [4.78, 5) is 12.7. The number of amides is 1. The topological polar surface area (TPSA) is 60.1 Å².